The summed E-state index contributed by atoms with van der Waals surface area (Å²) in [5, 5.41) is 0.797. The summed E-state index contributed by atoms with van der Waals surface area (Å²) in [6.45, 7) is 3.42. The number of rotatable bonds is 6. The molecule has 1 aliphatic carbocycles. The van der Waals surface area contributed by atoms with Crippen molar-refractivity contribution in [3.05, 3.63) is 40.2 Å². The maximum Gasteiger partial charge on any atom is 0.344 e. The zero-order chi connectivity index (χ0) is 21.0. The zero-order valence-corrected chi connectivity index (χ0v) is 17.1. The van der Waals surface area contributed by atoms with E-state index in [0.717, 1.165) is 36.6 Å². The van der Waals surface area contributed by atoms with Gasteiger partial charge in [-0.3, -0.25) is 4.79 Å². The van der Waals surface area contributed by atoms with Crippen LogP contribution in [0.3, 0.4) is 0 Å². The number of benzene rings is 1. The Hall–Kier alpha value is -2.83. The summed E-state index contributed by atoms with van der Waals surface area (Å²) in [7, 11) is 1.76. The molecule has 0 saturated heterocycles. The summed E-state index contributed by atoms with van der Waals surface area (Å²) in [5.74, 6) is 0.246. The number of nitrogens with zero attached hydrogens (tertiary/aromatic N) is 1. The summed E-state index contributed by atoms with van der Waals surface area (Å²) >= 11 is 0. The molecule has 7 nitrogen and oxygen atoms in total. The van der Waals surface area contributed by atoms with Crippen LogP contribution in [0.15, 0.2) is 33.5 Å². The molecule has 0 N–H and O–H groups in total. The molecule has 29 heavy (non-hydrogen) atoms. The van der Waals surface area contributed by atoms with Gasteiger partial charge in [0.2, 0.25) is 0 Å². The number of amides is 1. The van der Waals surface area contributed by atoms with E-state index in [2.05, 4.69) is 6.92 Å². The summed E-state index contributed by atoms with van der Waals surface area (Å²) in [5.41, 5.74) is 0.748. The second-order valence-electron chi connectivity index (χ2n) is 7.77. The van der Waals surface area contributed by atoms with Crippen LogP contribution in [0.4, 0.5) is 0 Å². The lowest BCUT2D eigenvalue weighted by Crippen LogP contribution is -2.41. The van der Waals surface area contributed by atoms with Crippen LogP contribution in [0.2, 0.25) is 0 Å². The number of carbonyl (C=O) groups is 2. The Morgan fingerprint density at radius 1 is 1.14 bits per heavy atom. The molecule has 0 bridgehead atoms. The van der Waals surface area contributed by atoms with E-state index in [4.69, 9.17) is 13.9 Å². The van der Waals surface area contributed by atoms with Crippen LogP contribution in [-0.2, 0) is 14.3 Å². The van der Waals surface area contributed by atoms with E-state index in [1.807, 2.05) is 6.92 Å². The molecule has 2 aromatic rings. The molecule has 0 unspecified atom stereocenters. The zero-order valence-electron chi connectivity index (χ0n) is 17.1. The molecule has 1 saturated carbocycles. The second-order valence-corrected chi connectivity index (χ2v) is 7.77. The number of aryl methyl sites for hydroxylation is 1. The molecule has 1 fully saturated rings. The normalized spacial score (nSPS) is 19.0. The largest absolute Gasteiger partial charge is 0.482 e. The van der Waals surface area contributed by atoms with E-state index in [1.54, 1.807) is 30.1 Å². The van der Waals surface area contributed by atoms with Crippen LogP contribution in [0, 0.1) is 12.8 Å². The highest BCUT2D eigenvalue weighted by Gasteiger charge is 2.25. The average Bonchev–Trinajstić information content (AvgIpc) is 2.70. The smallest absolute Gasteiger partial charge is 0.344 e. The van der Waals surface area contributed by atoms with Crippen LogP contribution in [0.1, 0.15) is 38.2 Å². The molecule has 1 aromatic heterocycles. The first-order valence-corrected chi connectivity index (χ1v) is 9.92. The predicted molar refractivity (Wildman–Crippen MR) is 108 cm³/mol. The Balaban J connectivity index is 1.48. The molecule has 1 aliphatic rings. The molecule has 156 valence electrons. The summed E-state index contributed by atoms with van der Waals surface area (Å²) in [6.07, 6.45) is 4.19. The first kappa shape index (κ1) is 20.9. The van der Waals surface area contributed by atoms with Crippen molar-refractivity contribution < 1.29 is 23.5 Å². The van der Waals surface area contributed by atoms with Crippen LogP contribution in [0.5, 0.6) is 5.75 Å². The van der Waals surface area contributed by atoms with Gasteiger partial charge in [0.1, 0.15) is 11.3 Å². The van der Waals surface area contributed by atoms with Crippen molar-refractivity contribution in [2.75, 3.05) is 20.3 Å². The number of esters is 1. The lowest BCUT2D eigenvalue weighted by atomic mass is 9.87. The molecule has 1 amide bonds. The maximum absolute atomic E-state index is 12.3. The van der Waals surface area contributed by atoms with Gasteiger partial charge in [-0.1, -0.05) is 6.92 Å². The van der Waals surface area contributed by atoms with E-state index in [0.29, 0.717) is 17.3 Å². The second kappa shape index (κ2) is 9.11. The molecule has 0 radical (unpaired) electrons. The van der Waals surface area contributed by atoms with Crippen LogP contribution < -0.4 is 10.4 Å². The molecular formula is C22H27NO6. The minimum Gasteiger partial charge on any atom is -0.482 e. The molecular weight excluding hydrogens is 374 g/mol. The predicted octanol–water partition coefficient (Wildman–Crippen LogP) is 3.06. The Morgan fingerprint density at radius 3 is 2.59 bits per heavy atom. The molecule has 0 spiro atoms. The monoisotopic (exact) mass is 401 g/mol. The highest BCUT2D eigenvalue weighted by atomic mass is 16.6. The number of ether oxygens (including phenoxy) is 2. The highest BCUT2D eigenvalue weighted by molar-refractivity contribution is 5.82. The lowest BCUT2D eigenvalue weighted by molar-refractivity contribution is -0.154. The summed E-state index contributed by atoms with van der Waals surface area (Å²) in [4.78, 5) is 37.4. The van der Waals surface area contributed by atoms with E-state index in [1.165, 1.54) is 6.07 Å². The molecule has 1 heterocycles. The lowest BCUT2D eigenvalue weighted by Gasteiger charge is -2.33. The molecule has 0 aliphatic heterocycles. The number of fused-ring (bicyclic) bond motifs is 1. The number of hydrogen-bond acceptors (Lipinski definition) is 6. The van der Waals surface area contributed by atoms with E-state index < -0.39 is 11.6 Å². The van der Waals surface area contributed by atoms with Crippen molar-refractivity contribution in [3.8, 4) is 5.75 Å². The fraction of sp³-hybridized carbons (Fsp3) is 0.500. The quantitative estimate of drug-likeness (QED) is 0.546. The molecule has 3 rings (SSSR count). The van der Waals surface area contributed by atoms with Gasteiger partial charge in [0.25, 0.3) is 5.91 Å². The van der Waals surface area contributed by atoms with Crippen molar-refractivity contribution in [1.82, 2.24) is 4.90 Å². The summed E-state index contributed by atoms with van der Waals surface area (Å²) < 4.78 is 15.6. The SMILES string of the molecule is Cc1cc(=O)oc2cc(OCC(=O)OCC(=O)N(C)C3CCC(C)CC3)ccc12. The molecule has 7 heteroatoms. The van der Waals surface area contributed by atoms with Gasteiger partial charge in [0.05, 0.1) is 0 Å². The average molecular weight is 401 g/mol. The van der Waals surface area contributed by atoms with E-state index >= 15 is 0 Å². The van der Waals surface area contributed by atoms with E-state index in [-0.39, 0.29) is 25.2 Å². The van der Waals surface area contributed by atoms with Crippen molar-refractivity contribution in [1.29, 1.82) is 0 Å². The molecule has 0 atom stereocenters. The third-order valence-electron chi connectivity index (χ3n) is 5.56. The Kier molecular flexibility index (Phi) is 6.56. The number of hydrogen-bond donors (Lipinski definition) is 0. The van der Waals surface area contributed by atoms with Crippen molar-refractivity contribution >= 4 is 22.8 Å². The third-order valence-corrected chi connectivity index (χ3v) is 5.56. The van der Waals surface area contributed by atoms with Crippen molar-refractivity contribution in [3.63, 3.8) is 0 Å². The van der Waals surface area contributed by atoms with Gasteiger partial charge >= 0.3 is 11.6 Å². The van der Waals surface area contributed by atoms with Gasteiger partial charge in [0.15, 0.2) is 13.2 Å². The third kappa shape index (κ3) is 5.37. The first-order chi connectivity index (χ1) is 13.8. The standard InChI is InChI=1S/C22H27NO6/c1-14-4-6-16(7-5-14)23(3)20(24)12-28-22(26)13-27-17-8-9-18-15(2)10-21(25)29-19(18)11-17/h8-11,14,16H,4-7,12-13H2,1-3H3. The van der Waals surface area contributed by atoms with E-state index in [9.17, 15) is 14.4 Å². The Bertz CT molecular complexity index is 942. The van der Waals surface area contributed by atoms with Gasteiger partial charge < -0.3 is 18.8 Å². The fourth-order valence-electron chi connectivity index (χ4n) is 3.66. The Morgan fingerprint density at radius 2 is 1.86 bits per heavy atom. The van der Waals surface area contributed by atoms with Crippen LogP contribution in [0.25, 0.3) is 11.0 Å². The van der Waals surface area contributed by atoms with Gasteiger partial charge in [-0.25, -0.2) is 9.59 Å². The minimum absolute atomic E-state index is 0.208. The van der Waals surface area contributed by atoms with Crippen molar-refractivity contribution in [2.24, 2.45) is 5.92 Å². The van der Waals surface area contributed by atoms with Gasteiger partial charge in [0, 0.05) is 30.6 Å². The highest BCUT2D eigenvalue weighted by Crippen LogP contribution is 2.26. The summed E-state index contributed by atoms with van der Waals surface area (Å²) in [6, 6.07) is 6.63. The number of likely N-dealkylation sites (N-methyl/N-ethyl adjacent to an activating group) is 1. The first-order valence-electron chi connectivity index (χ1n) is 9.92. The van der Waals surface area contributed by atoms with Crippen LogP contribution >= 0.6 is 0 Å². The molecule has 1 aromatic carbocycles. The fourth-order valence-corrected chi connectivity index (χ4v) is 3.66. The topological polar surface area (TPSA) is 86.0 Å². The van der Waals surface area contributed by atoms with Gasteiger partial charge in [-0.05, 0) is 56.2 Å². The van der Waals surface area contributed by atoms with Gasteiger partial charge in [-0.15, -0.1) is 0 Å². The van der Waals surface area contributed by atoms with Gasteiger partial charge in [-0.2, -0.15) is 0 Å². The van der Waals surface area contributed by atoms with Crippen LogP contribution in [-0.4, -0.2) is 43.1 Å². The van der Waals surface area contributed by atoms with Crippen molar-refractivity contribution in [2.45, 2.75) is 45.6 Å². The maximum atomic E-state index is 12.3. The number of carbonyl (C=O) groups excluding carboxylic acids is 2. The Labute approximate surface area is 169 Å². The minimum atomic E-state index is -0.630.